The topological polar surface area (TPSA) is 122 Å². The predicted molar refractivity (Wildman–Crippen MR) is 117 cm³/mol. The monoisotopic (exact) mass is 436 g/mol. The average Bonchev–Trinajstić information content (AvgIpc) is 3.47. The van der Waals surface area contributed by atoms with Gasteiger partial charge in [0.2, 0.25) is 16.0 Å². The Hall–Kier alpha value is -3.50. The van der Waals surface area contributed by atoms with E-state index in [2.05, 4.69) is 25.1 Å². The molecule has 0 saturated heterocycles. The Morgan fingerprint density at radius 1 is 1.06 bits per heavy atom. The lowest BCUT2D eigenvalue weighted by Crippen LogP contribution is -2.25. The van der Waals surface area contributed by atoms with Crippen LogP contribution in [-0.4, -0.2) is 34.2 Å². The highest BCUT2D eigenvalue weighted by Gasteiger charge is 2.27. The number of aromatic amines is 1. The van der Waals surface area contributed by atoms with Crippen LogP contribution >= 0.6 is 0 Å². The third-order valence-corrected chi connectivity index (χ3v) is 6.57. The second-order valence-corrected chi connectivity index (χ2v) is 9.15. The van der Waals surface area contributed by atoms with Crippen LogP contribution in [0.4, 0.5) is 5.95 Å². The van der Waals surface area contributed by atoms with E-state index in [-0.39, 0.29) is 16.5 Å². The molecule has 0 spiro atoms. The number of nitrogens with zero attached hydrogens (tertiary/aromatic N) is 3. The van der Waals surface area contributed by atoms with Crippen LogP contribution in [0.1, 0.15) is 18.4 Å². The maximum Gasteiger partial charge on any atom is 0.263 e. The number of benzene rings is 2. The zero-order chi connectivity index (χ0) is 21.4. The van der Waals surface area contributed by atoms with Crippen molar-refractivity contribution >= 4 is 27.0 Å². The Kier molecular flexibility index (Phi) is 4.79. The number of fused-ring (bicyclic) bond motifs is 1. The van der Waals surface area contributed by atoms with Crippen LogP contribution in [0, 0.1) is 0 Å². The molecule has 0 aliphatic heterocycles. The number of hydrogen-bond acceptors (Lipinski definition) is 6. The van der Waals surface area contributed by atoms with Crippen LogP contribution in [0.15, 0.2) is 70.5 Å². The Labute approximate surface area is 178 Å². The number of para-hydroxylation sites is 1. The van der Waals surface area contributed by atoms with Gasteiger partial charge in [-0.3, -0.25) is 9.78 Å². The smallest absolute Gasteiger partial charge is 0.263 e. The van der Waals surface area contributed by atoms with E-state index in [0.717, 1.165) is 24.1 Å². The van der Waals surface area contributed by atoms with Gasteiger partial charge in [-0.15, -0.1) is 0 Å². The van der Waals surface area contributed by atoms with Crippen molar-refractivity contribution in [2.45, 2.75) is 30.3 Å². The standard InChI is InChI=1S/C21H20N6O3S/c28-20-18-13-23-27(16-4-2-1-3-5-16)19(18)24-21(25-20)22-12-14-6-10-17(11-7-14)31(29,30)26-15-8-9-15/h1-7,10-11,13,15,26H,8-9,12H2,(H2,22,24,25,28). The molecule has 2 aromatic heterocycles. The molecule has 0 atom stereocenters. The molecule has 0 unspecified atom stereocenters. The summed E-state index contributed by atoms with van der Waals surface area (Å²) in [7, 11) is -3.48. The molecule has 9 nitrogen and oxygen atoms in total. The first kappa shape index (κ1) is 19.5. The summed E-state index contributed by atoms with van der Waals surface area (Å²) in [6.07, 6.45) is 3.27. The van der Waals surface area contributed by atoms with Crippen LogP contribution in [0.3, 0.4) is 0 Å². The van der Waals surface area contributed by atoms with Gasteiger partial charge in [-0.05, 0) is 42.7 Å². The molecule has 1 fully saturated rings. The molecule has 4 aromatic rings. The Morgan fingerprint density at radius 3 is 2.52 bits per heavy atom. The first-order valence-corrected chi connectivity index (χ1v) is 11.4. The third-order valence-electron chi connectivity index (χ3n) is 5.03. The van der Waals surface area contributed by atoms with Crippen LogP contribution in [0.25, 0.3) is 16.7 Å². The van der Waals surface area contributed by atoms with E-state index in [1.165, 1.54) is 6.20 Å². The molecule has 3 N–H and O–H groups in total. The minimum absolute atomic E-state index is 0.0634. The van der Waals surface area contributed by atoms with Crippen LogP contribution < -0.4 is 15.6 Å². The van der Waals surface area contributed by atoms with E-state index in [9.17, 15) is 13.2 Å². The molecular formula is C21H20N6O3S. The SMILES string of the molecule is O=c1[nH]c(NCc2ccc(S(=O)(=O)NC3CC3)cc2)nc2c1cnn2-c1ccccc1. The molecule has 5 rings (SSSR count). The lowest BCUT2D eigenvalue weighted by atomic mass is 10.2. The summed E-state index contributed by atoms with van der Waals surface area (Å²) in [5.74, 6) is 0.308. The van der Waals surface area contributed by atoms with Gasteiger partial charge in [-0.25, -0.2) is 17.8 Å². The van der Waals surface area contributed by atoms with Crippen LogP contribution in [0.2, 0.25) is 0 Å². The second kappa shape index (κ2) is 7.64. The zero-order valence-electron chi connectivity index (χ0n) is 16.4. The van der Waals surface area contributed by atoms with Crippen molar-refractivity contribution in [2.24, 2.45) is 0 Å². The first-order valence-electron chi connectivity index (χ1n) is 9.88. The fourth-order valence-electron chi connectivity index (χ4n) is 3.22. The number of rotatable bonds is 7. The van der Waals surface area contributed by atoms with E-state index in [0.29, 0.717) is 23.5 Å². The predicted octanol–water partition coefficient (Wildman–Crippen LogP) is 2.16. The van der Waals surface area contributed by atoms with E-state index < -0.39 is 10.0 Å². The highest BCUT2D eigenvalue weighted by molar-refractivity contribution is 7.89. The van der Waals surface area contributed by atoms with Crippen molar-refractivity contribution in [3.8, 4) is 5.69 Å². The summed E-state index contributed by atoms with van der Waals surface area (Å²) in [5, 5.41) is 7.77. The van der Waals surface area contributed by atoms with Gasteiger partial charge in [0.25, 0.3) is 5.56 Å². The van der Waals surface area contributed by atoms with Crippen molar-refractivity contribution in [3.05, 3.63) is 76.7 Å². The molecule has 0 amide bonds. The largest absolute Gasteiger partial charge is 0.352 e. The molecule has 1 saturated carbocycles. The third kappa shape index (κ3) is 4.07. The van der Waals surface area contributed by atoms with Gasteiger partial charge < -0.3 is 5.32 Å². The Bertz CT molecular complexity index is 1390. The summed E-state index contributed by atoms with van der Waals surface area (Å²) in [6, 6.07) is 16.1. The Balaban J connectivity index is 1.35. The fourth-order valence-corrected chi connectivity index (χ4v) is 4.53. The fraction of sp³-hybridized carbons (Fsp3) is 0.190. The molecular weight excluding hydrogens is 416 g/mol. The molecule has 1 aliphatic rings. The van der Waals surface area contributed by atoms with Crippen LogP contribution in [0.5, 0.6) is 0 Å². The summed E-state index contributed by atoms with van der Waals surface area (Å²) >= 11 is 0. The molecule has 1 aliphatic carbocycles. The highest BCUT2D eigenvalue weighted by Crippen LogP contribution is 2.22. The van der Waals surface area contributed by atoms with E-state index in [1.807, 2.05) is 30.3 Å². The summed E-state index contributed by atoms with van der Waals surface area (Å²) in [4.78, 5) is 19.9. The lowest BCUT2D eigenvalue weighted by Gasteiger charge is -2.09. The number of aromatic nitrogens is 4. The maximum absolute atomic E-state index is 12.4. The molecule has 158 valence electrons. The highest BCUT2D eigenvalue weighted by atomic mass is 32.2. The minimum atomic E-state index is -3.48. The van der Waals surface area contributed by atoms with E-state index >= 15 is 0 Å². The van der Waals surface area contributed by atoms with Gasteiger partial charge in [0.1, 0.15) is 5.39 Å². The van der Waals surface area contributed by atoms with E-state index in [1.54, 1.807) is 28.9 Å². The molecule has 2 heterocycles. The number of hydrogen-bond donors (Lipinski definition) is 3. The molecule has 0 radical (unpaired) electrons. The van der Waals surface area contributed by atoms with Gasteiger partial charge >= 0.3 is 0 Å². The number of nitrogens with one attached hydrogen (secondary N) is 3. The molecule has 31 heavy (non-hydrogen) atoms. The number of H-pyrrole nitrogens is 1. The average molecular weight is 436 g/mol. The van der Waals surface area contributed by atoms with Gasteiger partial charge in [0.15, 0.2) is 5.65 Å². The maximum atomic E-state index is 12.4. The van der Waals surface area contributed by atoms with Crippen molar-refractivity contribution in [1.29, 1.82) is 0 Å². The zero-order valence-corrected chi connectivity index (χ0v) is 17.3. The van der Waals surface area contributed by atoms with E-state index in [4.69, 9.17) is 0 Å². The first-order chi connectivity index (χ1) is 15.0. The quantitative estimate of drug-likeness (QED) is 0.408. The van der Waals surface area contributed by atoms with Gasteiger partial charge in [0, 0.05) is 12.6 Å². The van der Waals surface area contributed by atoms with Gasteiger partial charge in [0.05, 0.1) is 16.8 Å². The van der Waals surface area contributed by atoms with Crippen molar-refractivity contribution < 1.29 is 8.42 Å². The van der Waals surface area contributed by atoms with Crippen molar-refractivity contribution in [3.63, 3.8) is 0 Å². The van der Waals surface area contributed by atoms with Crippen LogP contribution in [-0.2, 0) is 16.6 Å². The van der Waals surface area contributed by atoms with Gasteiger partial charge in [-0.2, -0.15) is 10.1 Å². The molecule has 0 bridgehead atoms. The summed E-state index contributed by atoms with van der Waals surface area (Å²) in [6.45, 7) is 0.365. The number of sulfonamides is 1. The summed E-state index contributed by atoms with van der Waals surface area (Å²) < 4.78 is 28.8. The summed E-state index contributed by atoms with van der Waals surface area (Å²) in [5.41, 5.74) is 1.81. The second-order valence-electron chi connectivity index (χ2n) is 7.44. The molecule has 2 aromatic carbocycles. The Morgan fingerprint density at radius 2 is 1.81 bits per heavy atom. The van der Waals surface area contributed by atoms with Gasteiger partial charge in [-0.1, -0.05) is 30.3 Å². The minimum Gasteiger partial charge on any atom is -0.352 e. The lowest BCUT2D eigenvalue weighted by molar-refractivity contribution is 0.581. The normalized spacial score (nSPS) is 14.1. The van der Waals surface area contributed by atoms with Crippen molar-refractivity contribution in [2.75, 3.05) is 5.32 Å². The molecule has 10 heteroatoms. The van der Waals surface area contributed by atoms with Crippen molar-refractivity contribution in [1.82, 2.24) is 24.5 Å². The number of anilines is 1.